The topological polar surface area (TPSA) is 149 Å². The highest BCUT2D eigenvalue weighted by molar-refractivity contribution is 7.93. The largest absolute Gasteiger partial charge is 0.463 e. The molecule has 2 aromatic heterocycles. The summed E-state index contributed by atoms with van der Waals surface area (Å²) in [6.45, 7) is 1.81. The summed E-state index contributed by atoms with van der Waals surface area (Å²) in [5.74, 6) is -3.32. The number of rotatable bonds is 4. The van der Waals surface area contributed by atoms with Gasteiger partial charge in [0.1, 0.15) is 32.3 Å². The maximum Gasteiger partial charge on any atom is 0.439 e. The van der Waals surface area contributed by atoms with Crippen LogP contribution in [0.3, 0.4) is 0 Å². The van der Waals surface area contributed by atoms with Crippen molar-refractivity contribution in [1.82, 2.24) is 9.97 Å². The molecule has 2 amide bonds. The van der Waals surface area contributed by atoms with E-state index in [1.54, 1.807) is 11.8 Å². The highest BCUT2D eigenvalue weighted by atomic mass is 32.2. The number of aromatic nitrogens is 2. The zero-order chi connectivity index (χ0) is 25.1. The van der Waals surface area contributed by atoms with Crippen molar-refractivity contribution in [3.05, 3.63) is 41.2 Å². The fourth-order valence-electron chi connectivity index (χ4n) is 3.58. The van der Waals surface area contributed by atoms with Gasteiger partial charge in [-0.3, -0.25) is 4.79 Å². The van der Waals surface area contributed by atoms with E-state index in [-0.39, 0.29) is 53.7 Å². The number of amides is 2. The first-order chi connectivity index (χ1) is 15.9. The summed E-state index contributed by atoms with van der Waals surface area (Å²) in [5, 5.41) is 20.6. The third kappa shape index (κ3) is 5.82. The lowest BCUT2D eigenvalue weighted by Gasteiger charge is -2.25. The van der Waals surface area contributed by atoms with Gasteiger partial charge in [-0.15, -0.1) is 4.36 Å². The Bertz CT molecular complexity index is 1300. The van der Waals surface area contributed by atoms with E-state index in [4.69, 9.17) is 5.11 Å². The van der Waals surface area contributed by atoms with Gasteiger partial charge in [0.15, 0.2) is 0 Å². The first kappa shape index (κ1) is 25.0. The molecule has 0 aliphatic carbocycles. The van der Waals surface area contributed by atoms with Crippen LogP contribution in [0.1, 0.15) is 40.9 Å². The zero-order valence-corrected chi connectivity index (χ0v) is 19.2. The second-order valence-electron chi connectivity index (χ2n) is 7.84. The van der Waals surface area contributed by atoms with Crippen molar-refractivity contribution in [1.29, 1.82) is 5.26 Å². The number of halogens is 2. The van der Waals surface area contributed by atoms with Crippen molar-refractivity contribution in [2.45, 2.75) is 37.1 Å². The van der Waals surface area contributed by atoms with Gasteiger partial charge in [0.2, 0.25) is 5.92 Å². The molecular weight excluding hydrogens is 470 g/mol. The van der Waals surface area contributed by atoms with Crippen molar-refractivity contribution in [3.63, 3.8) is 0 Å². The molecule has 1 atom stereocenters. The summed E-state index contributed by atoms with van der Waals surface area (Å²) in [6, 6.07) is 6.00. The van der Waals surface area contributed by atoms with Crippen molar-refractivity contribution in [3.8, 4) is 6.07 Å². The van der Waals surface area contributed by atoms with E-state index in [0.717, 1.165) is 6.26 Å². The third-order valence-corrected chi connectivity index (χ3v) is 6.69. The van der Waals surface area contributed by atoms with Crippen LogP contribution >= 0.6 is 0 Å². The van der Waals surface area contributed by atoms with Crippen LogP contribution < -0.4 is 10.2 Å². The van der Waals surface area contributed by atoms with Gasteiger partial charge in [-0.1, -0.05) is 0 Å². The fourth-order valence-corrected chi connectivity index (χ4v) is 4.58. The first-order valence-electron chi connectivity index (χ1n) is 10.2. The number of alkyl halides is 2. The molecule has 0 aromatic carbocycles. The number of pyridine rings is 2. The summed E-state index contributed by atoms with van der Waals surface area (Å²) >= 11 is 0. The molecule has 1 saturated heterocycles. The standard InChI is InChI=1S/C21H22F2N6O4S/c1-13-10-15(12-24)26-18(29-8-3-5-21(22,23)6-9-29)17(13)19(30)27-14-4-7-25-16(11-14)34(2,33)28-20(31)32/h4,7,10-11H,3,5-6,8-9H2,1-2H3,(H,31,32)(H,25,27,30). The molecule has 1 aliphatic rings. The Kier molecular flexibility index (Phi) is 7.11. The molecule has 0 radical (unpaired) electrons. The van der Waals surface area contributed by atoms with E-state index in [0.29, 0.717) is 5.56 Å². The normalized spacial score (nSPS) is 17.1. The maximum absolute atomic E-state index is 13.9. The molecule has 3 heterocycles. The monoisotopic (exact) mass is 492 g/mol. The smallest absolute Gasteiger partial charge is 0.439 e. The number of nitriles is 1. The predicted octanol–water partition coefficient (Wildman–Crippen LogP) is 3.67. The highest BCUT2D eigenvalue weighted by Crippen LogP contribution is 2.32. The number of carbonyl (C=O) groups excluding carboxylic acids is 1. The number of nitrogens with zero attached hydrogens (tertiary/aromatic N) is 5. The van der Waals surface area contributed by atoms with Crippen LogP contribution in [-0.2, 0) is 9.73 Å². The van der Waals surface area contributed by atoms with Crippen LogP contribution in [0.5, 0.6) is 0 Å². The summed E-state index contributed by atoms with van der Waals surface area (Å²) in [6.07, 6.45) is 0.244. The quantitative estimate of drug-likeness (QED) is 0.657. The maximum atomic E-state index is 13.9. The van der Waals surface area contributed by atoms with Crippen LogP contribution in [0.15, 0.2) is 33.8 Å². The predicted molar refractivity (Wildman–Crippen MR) is 120 cm³/mol. The molecule has 180 valence electrons. The van der Waals surface area contributed by atoms with Crippen molar-refractivity contribution in [2.24, 2.45) is 4.36 Å². The van der Waals surface area contributed by atoms with Crippen molar-refractivity contribution < 1.29 is 27.7 Å². The van der Waals surface area contributed by atoms with Crippen LogP contribution in [-0.4, -0.2) is 56.6 Å². The Morgan fingerprint density at radius 2 is 2.06 bits per heavy atom. The number of carbonyl (C=O) groups is 2. The average molecular weight is 493 g/mol. The number of aryl methyl sites for hydroxylation is 1. The summed E-state index contributed by atoms with van der Waals surface area (Å²) in [5.41, 5.74) is 0.745. The first-order valence-corrected chi connectivity index (χ1v) is 12.1. The third-order valence-electron chi connectivity index (χ3n) is 5.19. The van der Waals surface area contributed by atoms with Crippen LogP contribution in [0, 0.1) is 18.3 Å². The van der Waals surface area contributed by atoms with Gasteiger partial charge < -0.3 is 15.3 Å². The van der Waals surface area contributed by atoms with Gasteiger partial charge in [0.25, 0.3) is 5.91 Å². The molecule has 1 unspecified atom stereocenters. The number of hydrogen-bond donors (Lipinski definition) is 2. The Balaban J connectivity index is 1.98. The molecular formula is C21H22F2N6O4S. The molecule has 10 nitrogen and oxygen atoms in total. The average Bonchev–Trinajstić information content (AvgIpc) is 2.92. The molecule has 2 N–H and O–H groups in total. The van der Waals surface area contributed by atoms with Gasteiger partial charge in [-0.05, 0) is 37.1 Å². The van der Waals surface area contributed by atoms with Crippen LogP contribution in [0.4, 0.5) is 25.1 Å². The molecule has 13 heteroatoms. The van der Waals surface area contributed by atoms with E-state index in [2.05, 4.69) is 19.6 Å². The number of anilines is 2. The molecule has 3 rings (SSSR count). The van der Waals surface area contributed by atoms with Gasteiger partial charge in [0, 0.05) is 44.1 Å². The summed E-state index contributed by atoms with van der Waals surface area (Å²) in [4.78, 5) is 33.8. The zero-order valence-electron chi connectivity index (χ0n) is 18.4. The van der Waals surface area contributed by atoms with Gasteiger partial charge in [0.05, 0.1) is 5.56 Å². The molecule has 2 aromatic rings. The highest BCUT2D eigenvalue weighted by Gasteiger charge is 2.33. The number of carboxylic acid groups (broad SMARTS) is 1. The van der Waals surface area contributed by atoms with Gasteiger partial charge in [-0.25, -0.2) is 27.8 Å². The molecule has 0 bridgehead atoms. The van der Waals surface area contributed by atoms with E-state index >= 15 is 0 Å². The minimum atomic E-state index is -3.35. The Morgan fingerprint density at radius 1 is 1.32 bits per heavy atom. The van der Waals surface area contributed by atoms with E-state index in [1.165, 1.54) is 24.4 Å². The van der Waals surface area contributed by atoms with Gasteiger partial charge in [-0.2, -0.15) is 5.26 Å². The Hall–Kier alpha value is -3.66. The second-order valence-corrected chi connectivity index (χ2v) is 10.1. The molecule has 0 saturated carbocycles. The van der Waals surface area contributed by atoms with Gasteiger partial charge >= 0.3 is 6.09 Å². The SMILES string of the molecule is Cc1cc(C#N)nc(N2CCCC(F)(F)CC2)c1C(=O)Nc1ccnc(S(C)(=O)=NC(=O)O)c1. The molecule has 1 aliphatic heterocycles. The minimum Gasteiger partial charge on any atom is -0.463 e. The lowest BCUT2D eigenvalue weighted by Crippen LogP contribution is -2.30. The molecule has 1 fully saturated rings. The minimum absolute atomic E-state index is 0.0391. The van der Waals surface area contributed by atoms with Crippen LogP contribution in [0.25, 0.3) is 0 Å². The van der Waals surface area contributed by atoms with E-state index in [9.17, 15) is 27.8 Å². The lowest BCUT2D eigenvalue weighted by atomic mass is 10.1. The molecule has 34 heavy (non-hydrogen) atoms. The fraction of sp³-hybridized carbons (Fsp3) is 0.381. The lowest BCUT2D eigenvalue weighted by molar-refractivity contribution is -0.0102. The molecule has 0 spiro atoms. The number of nitrogens with one attached hydrogen (secondary N) is 1. The Morgan fingerprint density at radius 3 is 2.74 bits per heavy atom. The van der Waals surface area contributed by atoms with Crippen molar-refractivity contribution >= 4 is 33.2 Å². The van der Waals surface area contributed by atoms with E-state index in [1.807, 2.05) is 6.07 Å². The number of hydrogen-bond acceptors (Lipinski definition) is 7. The summed E-state index contributed by atoms with van der Waals surface area (Å²) in [7, 11) is -3.35. The summed E-state index contributed by atoms with van der Waals surface area (Å²) < 4.78 is 43.5. The van der Waals surface area contributed by atoms with E-state index < -0.39 is 34.1 Å². The second kappa shape index (κ2) is 9.68. The van der Waals surface area contributed by atoms with Crippen LogP contribution in [0.2, 0.25) is 0 Å². The van der Waals surface area contributed by atoms with Crippen molar-refractivity contribution in [2.75, 3.05) is 29.6 Å². The Labute approximate surface area is 194 Å².